The van der Waals surface area contributed by atoms with Crippen molar-refractivity contribution in [3.63, 3.8) is 0 Å². The van der Waals surface area contributed by atoms with E-state index in [-0.39, 0.29) is 17.9 Å². The average molecular weight is 361 g/mol. The number of nitrogens with zero attached hydrogens (tertiary/aromatic N) is 1. The second-order valence-electron chi connectivity index (χ2n) is 5.41. The number of carbonyl (C=O) groups is 1. The van der Waals surface area contributed by atoms with E-state index in [1.165, 1.54) is 12.0 Å². The lowest BCUT2D eigenvalue weighted by molar-refractivity contribution is 0.0696. The van der Waals surface area contributed by atoms with Crippen molar-refractivity contribution in [3.8, 4) is 0 Å². The number of methoxy groups -OCH3 is 1. The molecular formula is C13H16F5NO3S. The number of piperidine rings is 1. The van der Waals surface area contributed by atoms with Gasteiger partial charge in [-0.3, -0.25) is 0 Å². The SMILES string of the molecule is COC1CCN(c2cc(C(=O)O)cc(S(F)(F)(F)(F)F)c2)CC1. The van der Waals surface area contributed by atoms with Gasteiger partial charge >= 0.3 is 16.2 Å². The zero-order valence-electron chi connectivity index (χ0n) is 12.1. The summed E-state index contributed by atoms with van der Waals surface area (Å²) in [5.41, 5.74) is -0.998. The Morgan fingerprint density at radius 1 is 1.17 bits per heavy atom. The molecule has 1 saturated heterocycles. The van der Waals surface area contributed by atoms with Gasteiger partial charge in [0.2, 0.25) is 0 Å². The molecule has 0 radical (unpaired) electrons. The molecule has 2 rings (SSSR count). The van der Waals surface area contributed by atoms with E-state index >= 15 is 0 Å². The summed E-state index contributed by atoms with van der Waals surface area (Å²) >= 11 is 0. The molecule has 0 saturated carbocycles. The van der Waals surface area contributed by atoms with Gasteiger partial charge < -0.3 is 14.7 Å². The third-order valence-corrected chi connectivity index (χ3v) is 4.85. The lowest BCUT2D eigenvalue weighted by Crippen LogP contribution is -2.36. The Balaban J connectivity index is 2.46. The number of hydrogen-bond acceptors (Lipinski definition) is 3. The zero-order chi connectivity index (χ0) is 17.5. The van der Waals surface area contributed by atoms with Gasteiger partial charge in [-0.2, -0.15) is 0 Å². The quantitative estimate of drug-likeness (QED) is 0.793. The molecule has 0 aromatic heterocycles. The summed E-state index contributed by atoms with van der Waals surface area (Å²) in [5.74, 6) is -1.69. The maximum absolute atomic E-state index is 13.0. The van der Waals surface area contributed by atoms with Crippen LogP contribution in [-0.2, 0) is 4.74 Å². The molecule has 1 heterocycles. The largest absolute Gasteiger partial charge is 0.478 e. The minimum atomic E-state index is -9.96. The number of carboxylic acids is 1. The molecule has 0 atom stereocenters. The van der Waals surface area contributed by atoms with E-state index in [4.69, 9.17) is 9.84 Å². The van der Waals surface area contributed by atoms with Gasteiger partial charge in [0.1, 0.15) is 4.90 Å². The average Bonchev–Trinajstić information content (AvgIpc) is 2.44. The highest BCUT2D eigenvalue weighted by molar-refractivity contribution is 8.45. The molecule has 4 nitrogen and oxygen atoms in total. The molecule has 1 N–H and O–H groups in total. The van der Waals surface area contributed by atoms with E-state index in [2.05, 4.69) is 0 Å². The summed E-state index contributed by atoms with van der Waals surface area (Å²) in [4.78, 5) is 10.3. The van der Waals surface area contributed by atoms with E-state index in [9.17, 15) is 24.2 Å². The molecule has 1 fully saturated rings. The summed E-state index contributed by atoms with van der Waals surface area (Å²) < 4.78 is 70.2. The van der Waals surface area contributed by atoms with Crippen molar-refractivity contribution in [2.75, 3.05) is 25.1 Å². The van der Waals surface area contributed by atoms with Gasteiger partial charge in [0.05, 0.1) is 11.7 Å². The van der Waals surface area contributed by atoms with Crippen LogP contribution in [0.15, 0.2) is 23.1 Å². The topological polar surface area (TPSA) is 49.8 Å². The predicted molar refractivity (Wildman–Crippen MR) is 77.0 cm³/mol. The van der Waals surface area contributed by atoms with Crippen LogP contribution in [0.25, 0.3) is 0 Å². The number of benzene rings is 1. The van der Waals surface area contributed by atoms with E-state index in [1.54, 1.807) is 0 Å². The number of hydrogen-bond donors (Lipinski definition) is 1. The van der Waals surface area contributed by atoms with Gasteiger partial charge in [-0.25, -0.2) is 4.79 Å². The van der Waals surface area contributed by atoms with Crippen molar-refractivity contribution in [2.45, 2.75) is 23.8 Å². The molecule has 1 aromatic carbocycles. The van der Waals surface area contributed by atoms with Crippen LogP contribution in [-0.4, -0.2) is 37.4 Å². The standard InChI is InChI=1S/C13H16F5NO3S/c1-22-11-2-4-19(5-3-11)10-6-9(13(20)21)7-12(8-10)23(14,15,16,17)18/h6-8,11H,2-5H2,1H3,(H,20,21). The van der Waals surface area contributed by atoms with Gasteiger partial charge in [0.15, 0.2) is 0 Å². The molecular weight excluding hydrogens is 345 g/mol. The van der Waals surface area contributed by atoms with Crippen molar-refractivity contribution in [2.24, 2.45) is 0 Å². The minimum absolute atomic E-state index is 0.0186. The van der Waals surface area contributed by atoms with Gasteiger partial charge in [-0.1, -0.05) is 19.4 Å². The summed E-state index contributed by atoms with van der Waals surface area (Å²) in [6.45, 7) is 0.586. The smallest absolute Gasteiger partial charge is 0.335 e. The number of rotatable bonds is 4. The Bertz CT molecular complexity index is 626. The fraction of sp³-hybridized carbons (Fsp3) is 0.462. The first-order chi connectivity index (χ1) is 10.3. The van der Waals surface area contributed by atoms with E-state index in [1.807, 2.05) is 0 Å². The lowest BCUT2D eigenvalue weighted by atomic mass is 10.1. The monoisotopic (exact) mass is 361 g/mol. The first-order valence-corrected chi connectivity index (χ1v) is 8.65. The molecule has 1 aliphatic rings. The van der Waals surface area contributed by atoms with E-state index in [0.29, 0.717) is 32.0 Å². The molecule has 1 aromatic rings. The highest BCUT2D eigenvalue weighted by atomic mass is 32.5. The molecule has 0 unspecified atom stereocenters. The molecule has 0 aliphatic carbocycles. The van der Waals surface area contributed by atoms with Crippen LogP contribution in [0, 0.1) is 0 Å². The van der Waals surface area contributed by atoms with Crippen molar-refractivity contribution in [1.82, 2.24) is 0 Å². The van der Waals surface area contributed by atoms with E-state index < -0.39 is 26.7 Å². The Kier molecular flexibility index (Phi) is 3.85. The Morgan fingerprint density at radius 2 is 1.74 bits per heavy atom. The molecule has 0 bridgehead atoms. The van der Waals surface area contributed by atoms with E-state index in [0.717, 1.165) is 6.07 Å². The number of anilines is 1. The third-order valence-electron chi connectivity index (χ3n) is 3.72. The van der Waals surface area contributed by atoms with Crippen LogP contribution in [0.4, 0.5) is 25.1 Å². The summed E-state index contributed by atoms with van der Waals surface area (Å²) in [7, 11) is -8.44. The fourth-order valence-corrected chi connectivity index (χ4v) is 3.15. The number of aromatic carboxylic acids is 1. The maximum Gasteiger partial charge on any atom is 0.335 e. The fourth-order valence-electron chi connectivity index (χ4n) is 2.46. The first-order valence-electron chi connectivity index (χ1n) is 6.70. The molecule has 1 aliphatic heterocycles. The molecule has 23 heavy (non-hydrogen) atoms. The van der Waals surface area contributed by atoms with Gasteiger partial charge in [0, 0.05) is 25.9 Å². The van der Waals surface area contributed by atoms with Gasteiger partial charge in [-0.15, -0.1) is 0 Å². The molecule has 132 valence electrons. The second kappa shape index (κ2) is 4.97. The number of ether oxygens (including phenoxy) is 1. The van der Waals surface area contributed by atoms with Crippen LogP contribution in [0.2, 0.25) is 0 Å². The van der Waals surface area contributed by atoms with Crippen molar-refractivity contribution < 1.29 is 34.1 Å². The zero-order valence-corrected chi connectivity index (χ0v) is 13.0. The first kappa shape index (κ1) is 17.8. The lowest BCUT2D eigenvalue weighted by Gasteiger charge is -2.41. The summed E-state index contributed by atoms with van der Waals surface area (Å²) in [5, 5.41) is 8.91. The van der Waals surface area contributed by atoms with Crippen molar-refractivity contribution in [3.05, 3.63) is 23.8 Å². The summed E-state index contributed by atoms with van der Waals surface area (Å²) in [6, 6.07) is 1.28. The Morgan fingerprint density at radius 3 is 2.17 bits per heavy atom. The molecule has 0 spiro atoms. The minimum Gasteiger partial charge on any atom is -0.478 e. The Hall–Kier alpha value is -1.55. The van der Waals surface area contributed by atoms with Crippen LogP contribution < -0.4 is 4.90 Å². The van der Waals surface area contributed by atoms with Crippen LogP contribution in [0.1, 0.15) is 23.2 Å². The normalized spacial score (nSPS) is 20.0. The highest BCUT2D eigenvalue weighted by Gasteiger charge is 2.65. The molecule has 10 heteroatoms. The third kappa shape index (κ3) is 4.25. The van der Waals surface area contributed by atoms with Crippen molar-refractivity contribution in [1.29, 1.82) is 0 Å². The van der Waals surface area contributed by atoms with Crippen LogP contribution >= 0.6 is 10.2 Å². The number of carboxylic acid groups (broad SMARTS) is 1. The van der Waals surface area contributed by atoms with Crippen LogP contribution in [0.3, 0.4) is 0 Å². The van der Waals surface area contributed by atoms with Gasteiger partial charge in [-0.05, 0) is 31.0 Å². The second-order valence-corrected chi connectivity index (χ2v) is 7.82. The number of halogens is 5. The van der Waals surface area contributed by atoms with Crippen molar-refractivity contribution >= 4 is 21.9 Å². The highest BCUT2D eigenvalue weighted by Crippen LogP contribution is 3.02. The predicted octanol–water partition coefficient (Wildman–Crippen LogP) is 4.66. The maximum atomic E-state index is 13.0. The molecule has 0 amide bonds. The summed E-state index contributed by atoms with van der Waals surface area (Å²) in [6.07, 6.45) is 0.975. The van der Waals surface area contributed by atoms with Crippen LogP contribution in [0.5, 0.6) is 0 Å². The Labute approximate surface area is 129 Å². The van der Waals surface area contributed by atoms with Gasteiger partial charge in [0.25, 0.3) is 0 Å².